The predicted molar refractivity (Wildman–Crippen MR) is 85.4 cm³/mol. The van der Waals surface area contributed by atoms with Crippen molar-refractivity contribution in [2.45, 2.75) is 25.9 Å². The second-order valence-electron chi connectivity index (χ2n) is 5.19. The summed E-state index contributed by atoms with van der Waals surface area (Å²) in [4.78, 5) is 15.0. The molecule has 0 radical (unpaired) electrons. The highest BCUT2D eigenvalue weighted by molar-refractivity contribution is 5.76. The summed E-state index contributed by atoms with van der Waals surface area (Å²) >= 11 is 0. The SMILES string of the molecule is COc1cc(C(C)NCc2ccc(CC(N)=O)cc2)ccn1. The number of primary amides is 1. The van der Waals surface area contributed by atoms with Crippen LogP contribution in [0.5, 0.6) is 5.88 Å². The maximum atomic E-state index is 10.9. The molecule has 1 heterocycles. The van der Waals surface area contributed by atoms with E-state index in [-0.39, 0.29) is 18.4 Å². The molecule has 116 valence electrons. The molecule has 5 heteroatoms. The fourth-order valence-corrected chi connectivity index (χ4v) is 2.17. The van der Waals surface area contributed by atoms with Crippen LogP contribution in [0.25, 0.3) is 0 Å². The number of hydrogen-bond donors (Lipinski definition) is 2. The van der Waals surface area contributed by atoms with Gasteiger partial charge in [0.2, 0.25) is 11.8 Å². The lowest BCUT2D eigenvalue weighted by Gasteiger charge is -2.15. The average Bonchev–Trinajstić information content (AvgIpc) is 2.53. The number of ether oxygens (including phenoxy) is 1. The molecule has 0 aliphatic rings. The van der Waals surface area contributed by atoms with Gasteiger partial charge in [0.15, 0.2) is 0 Å². The highest BCUT2D eigenvalue weighted by Gasteiger charge is 2.07. The van der Waals surface area contributed by atoms with E-state index in [2.05, 4.69) is 17.2 Å². The number of methoxy groups -OCH3 is 1. The molecule has 0 bridgehead atoms. The Morgan fingerprint density at radius 2 is 1.95 bits per heavy atom. The monoisotopic (exact) mass is 299 g/mol. The third-order valence-electron chi connectivity index (χ3n) is 3.48. The number of aromatic nitrogens is 1. The number of nitrogens with zero attached hydrogens (tertiary/aromatic N) is 1. The summed E-state index contributed by atoms with van der Waals surface area (Å²) in [7, 11) is 1.61. The van der Waals surface area contributed by atoms with E-state index >= 15 is 0 Å². The number of benzene rings is 1. The van der Waals surface area contributed by atoms with E-state index in [1.807, 2.05) is 36.4 Å². The number of carbonyl (C=O) groups excluding carboxylic acids is 1. The molecule has 22 heavy (non-hydrogen) atoms. The highest BCUT2D eigenvalue weighted by Crippen LogP contribution is 2.17. The highest BCUT2D eigenvalue weighted by atomic mass is 16.5. The number of carbonyl (C=O) groups is 1. The Hall–Kier alpha value is -2.40. The summed E-state index contributed by atoms with van der Waals surface area (Å²) in [6.45, 7) is 2.83. The maximum absolute atomic E-state index is 10.9. The van der Waals surface area contributed by atoms with Crippen molar-refractivity contribution in [2.75, 3.05) is 7.11 Å². The lowest BCUT2D eigenvalue weighted by atomic mass is 10.1. The molecule has 1 unspecified atom stereocenters. The predicted octanol–water partition coefficient (Wildman–Crippen LogP) is 1.97. The molecule has 0 aliphatic carbocycles. The first-order valence-electron chi connectivity index (χ1n) is 7.18. The van der Waals surface area contributed by atoms with Gasteiger partial charge in [-0.3, -0.25) is 4.79 Å². The van der Waals surface area contributed by atoms with Gasteiger partial charge >= 0.3 is 0 Å². The maximum Gasteiger partial charge on any atom is 0.221 e. The van der Waals surface area contributed by atoms with E-state index in [9.17, 15) is 4.79 Å². The molecule has 5 nitrogen and oxygen atoms in total. The Bertz CT molecular complexity index is 626. The van der Waals surface area contributed by atoms with E-state index in [1.54, 1.807) is 13.3 Å². The third-order valence-corrected chi connectivity index (χ3v) is 3.48. The Morgan fingerprint density at radius 3 is 2.59 bits per heavy atom. The molecule has 2 rings (SSSR count). The molecule has 1 aromatic heterocycles. The summed E-state index contributed by atoms with van der Waals surface area (Å²) in [5.41, 5.74) is 8.39. The molecule has 0 fully saturated rings. The number of nitrogens with one attached hydrogen (secondary N) is 1. The molecular weight excluding hydrogens is 278 g/mol. The third kappa shape index (κ3) is 4.56. The van der Waals surface area contributed by atoms with Gasteiger partial charge in [0.05, 0.1) is 13.5 Å². The first-order chi connectivity index (χ1) is 10.6. The molecule has 2 aromatic rings. The Kier molecular flexibility index (Phi) is 5.49. The van der Waals surface area contributed by atoms with Gasteiger partial charge in [0.1, 0.15) is 0 Å². The van der Waals surface area contributed by atoms with Gasteiger partial charge in [0.25, 0.3) is 0 Å². The lowest BCUT2D eigenvalue weighted by Crippen LogP contribution is -2.18. The summed E-state index contributed by atoms with van der Waals surface area (Å²) in [5.74, 6) is 0.299. The van der Waals surface area contributed by atoms with E-state index in [0.717, 1.165) is 23.2 Å². The summed E-state index contributed by atoms with van der Waals surface area (Å²) in [6, 6.07) is 12.0. The van der Waals surface area contributed by atoms with Crippen LogP contribution in [0.15, 0.2) is 42.6 Å². The van der Waals surface area contributed by atoms with Crippen LogP contribution in [-0.2, 0) is 17.8 Å². The van der Waals surface area contributed by atoms with Crippen molar-refractivity contribution in [1.29, 1.82) is 0 Å². The fraction of sp³-hybridized carbons (Fsp3) is 0.294. The van der Waals surface area contributed by atoms with Gasteiger partial charge in [-0.1, -0.05) is 24.3 Å². The van der Waals surface area contributed by atoms with Crippen molar-refractivity contribution in [2.24, 2.45) is 5.73 Å². The van der Waals surface area contributed by atoms with Crippen LogP contribution in [0.1, 0.15) is 29.7 Å². The minimum atomic E-state index is -0.314. The second-order valence-corrected chi connectivity index (χ2v) is 5.19. The van der Waals surface area contributed by atoms with Crippen molar-refractivity contribution in [3.63, 3.8) is 0 Å². The van der Waals surface area contributed by atoms with Crippen LogP contribution in [0, 0.1) is 0 Å². The Labute approximate surface area is 130 Å². The number of nitrogens with two attached hydrogens (primary N) is 1. The van der Waals surface area contributed by atoms with E-state index in [4.69, 9.17) is 10.5 Å². The fourth-order valence-electron chi connectivity index (χ4n) is 2.17. The lowest BCUT2D eigenvalue weighted by molar-refractivity contribution is -0.117. The average molecular weight is 299 g/mol. The van der Waals surface area contributed by atoms with Crippen molar-refractivity contribution < 1.29 is 9.53 Å². The minimum absolute atomic E-state index is 0.183. The van der Waals surface area contributed by atoms with E-state index in [1.165, 1.54) is 0 Å². The zero-order valence-corrected chi connectivity index (χ0v) is 12.9. The summed E-state index contributed by atoms with van der Waals surface area (Å²) < 4.78 is 5.14. The smallest absolute Gasteiger partial charge is 0.221 e. The molecule has 0 aliphatic heterocycles. The van der Waals surface area contributed by atoms with Crippen molar-refractivity contribution in [3.8, 4) is 5.88 Å². The van der Waals surface area contributed by atoms with Crippen LogP contribution in [0.2, 0.25) is 0 Å². The van der Waals surface area contributed by atoms with Gasteiger partial charge in [-0.25, -0.2) is 4.98 Å². The zero-order chi connectivity index (χ0) is 15.9. The molecule has 1 atom stereocenters. The molecule has 1 amide bonds. The van der Waals surface area contributed by atoms with Gasteiger partial charge in [-0.15, -0.1) is 0 Å². The Morgan fingerprint density at radius 1 is 1.27 bits per heavy atom. The van der Waals surface area contributed by atoms with Gasteiger partial charge < -0.3 is 15.8 Å². The van der Waals surface area contributed by atoms with Gasteiger partial charge in [-0.05, 0) is 29.7 Å². The molecule has 3 N–H and O–H groups in total. The van der Waals surface area contributed by atoms with Crippen molar-refractivity contribution in [3.05, 3.63) is 59.3 Å². The first-order valence-corrected chi connectivity index (χ1v) is 7.18. The molecule has 0 saturated heterocycles. The zero-order valence-electron chi connectivity index (χ0n) is 12.9. The quantitative estimate of drug-likeness (QED) is 0.819. The van der Waals surface area contributed by atoms with Gasteiger partial charge in [0, 0.05) is 24.8 Å². The van der Waals surface area contributed by atoms with Crippen LogP contribution in [-0.4, -0.2) is 18.0 Å². The van der Waals surface area contributed by atoms with Crippen LogP contribution >= 0.6 is 0 Å². The second kappa shape index (κ2) is 7.56. The van der Waals surface area contributed by atoms with E-state index in [0.29, 0.717) is 5.88 Å². The number of pyridine rings is 1. The normalized spacial score (nSPS) is 11.9. The number of amides is 1. The summed E-state index contributed by atoms with van der Waals surface area (Å²) in [6.07, 6.45) is 2.02. The Balaban J connectivity index is 1.92. The largest absolute Gasteiger partial charge is 0.481 e. The molecular formula is C17H21N3O2. The molecule has 1 aromatic carbocycles. The topological polar surface area (TPSA) is 77.2 Å². The number of rotatable bonds is 7. The van der Waals surface area contributed by atoms with Crippen LogP contribution < -0.4 is 15.8 Å². The standard InChI is InChI=1S/C17H21N3O2/c1-12(15-7-8-19-17(10-15)22-2)20-11-14-5-3-13(4-6-14)9-16(18)21/h3-8,10,12,20H,9,11H2,1-2H3,(H2,18,21). The van der Waals surface area contributed by atoms with Crippen LogP contribution in [0.3, 0.4) is 0 Å². The van der Waals surface area contributed by atoms with Crippen LogP contribution in [0.4, 0.5) is 0 Å². The first kappa shape index (κ1) is 16.0. The summed E-state index contributed by atoms with van der Waals surface area (Å²) in [5, 5.41) is 3.45. The van der Waals surface area contributed by atoms with Crippen molar-refractivity contribution >= 4 is 5.91 Å². The molecule has 0 saturated carbocycles. The minimum Gasteiger partial charge on any atom is -0.481 e. The van der Waals surface area contributed by atoms with Crippen molar-refractivity contribution in [1.82, 2.24) is 10.3 Å². The molecule has 0 spiro atoms. The van der Waals surface area contributed by atoms with E-state index < -0.39 is 0 Å². The number of hydrogen-bond acceptors (Lipinski definition) is 4. The van der Waals surface area contributed by atoms with Gasteiger partial charge in [-0.2, -0.15) is 0 Å².